The summed E-state index contributed by atoms with van der Waals surface area (Å²) in [6, 6.07) is 5.12. The van der Waals surface area contributed by atoms with Crippen molar-refractivity contribution in [2.24, 2.45) is 0 Å². The van der Waals surface area contributed by atoms with Gasteiger partial charge in [-0.2, -0.15) is 4.98 Å². The molecule has 1 heterocycles. The van der Waals surface area contributed by atoms with E-state index >= 15 is 0 Å². The first-order chi connectivity index (χ1) is 13.0. The fourth-order valence-electron chi connectivity index (χ4n) is 2.16. The maximum atomic E-state index is 12.4. The van der Waals surface area contributed by atoms with Crippen LogP contribution in [0.2, 0.25) is 0 Å². The molecular formula is C18H22N4O6. The molecule has 0 aliphatic carbocycles. The normalized spacial score (nSPS) is 12.1. The van der Waals surface area contributed by atoms with E-state index in [4.69, 9.17) is 9.26 Å². The molecule has 0 saturated heterocycles. The lowest BCUT2D eigenvalue weighted by Gasteiger charge is -2.22. The average molecular weight is 390 g/mol. The van der Waals surface area contributed by atoms with Gasteiger partial charge in [0, 0.05) is 24.6 Å². The number of amides is 2. The molecular weight excluding hydrogens is 368 g/mol. The summed E-state index contributed by atoms with van der Waals surface area (Å²) in [5, 5.41) is 17.7. The van der Waals surface area contributed by atoms with E-state index < -0.39 is 29.6 Å². The SMILES string of the molecule is Cc1nc(-c2cccc(C(=O)NC[C@H](NC(=O)OC(C)(C)C)C(=O)O)c2)no1. The second kappa shape index (κ2) is 8.51. The monoisotopic (exact) mass is 390 g/mol. The number of carboxylic acid groups (broad SMARTS) is 1. The van der Waals surface area contributed by atoms with Gasteiger partial charge in [0.15, 0.2) is 0 Å². The van der Waals surface area contributed by atoms with Crippen LogP contribution < -0.4 is 10.6 Å². The maximum Gasteiger partial charge on any atom is 0.408 e. The van der Waals surface area contributed by atoms with Gasteiger partial charge < -0.3 is 25.0 Å². The van der Waals surface area contributed by atoms with Gasteiger partial charge >= 0.3 is 12.1 Å². The van der Waals surface area contributed by atoms with E-state index in [0.29, 0.717) is 17.3 Å². The summed E-state index contributed by atoms with van der Waals surface area (Å²) in [4.78, 5) is 39.6. The van der Waals surface area contributed by atoms with Crippen molar-refractivity contribution in [2.45, 2.75) is 39.3 Å². The summed E-state index contributed by atoms with van der Waals surface area (Å²) in [6.07, 6.45) is -0.886. The lowest BCUT2D eigenvalue weighted by atomic mass is 10.1. The number of rotatable bonds is 6. The molecule has 0 saturated carbocycles. The Morgan fingerprint density at radius 2 is 2.00 bits per heavy atom. The van der Waals surface area contributed by atoms with Crippen LogP contribution in [0.4, 0.5) is 4.79 Å². The summed E-state index contributed by atoms with van der Waals surface area (Å²) in [7, 11) is 0. The molecule has 0 aliphatic rings. The Morgan fingerprint density at radius 3 is 2.57 bits per heavy atom. The first-order valence-corrected chi connectivity index (χ1v) is 8.46. The Balaban J connectivity index is 2.01. The zero-order valence-electron chi connectivity index (χ0n) is 16.0. The van der Waals surface area contributed by atoms with Gasteiger partial charge in [-0.15, -0.1) is 0 Å². The van der Waals surface area contributed by atoms with Crippen LogP contribution in [0, 0.1) is 6.92 Å². The number of nitrogens with one attached hydrogen (secondary N) is 2. The van der Waals surface area contributed by atoms with Crippen LogP contribution in [0.5, 0.6) is 0 Å². The third kappa shape index (κ3) is 6.08. The van der Waals surface area contributed by atoms with Gasteiger partial charge in [0.2, 0.25) is 11.7 Å². The predicted molar refractivity (Wildman–Crippen MR) is 97.6 cm³/mol. The molecule has 0 unspecified atom stereocenters. The zero-order chi connectivity index (χ0) is 20.9. The molecule has 10 heteroatoms. The van der Waals surface area contributed by atoms with Crippen LogP contribution >= 0.6 is 0 Å². The van der Waals surface area contributed by atoms with Gasteiger partial charge in [-0.3, -0.25) is 4.79 Å². The zero-order valence-corrected chi connectivity index (χ0v) is 16.0. The lowest BCUT2D eigenvalue weighted by molar-refractivity contribution is -0.139. The van der Waals surface area contributed by atoms with Crippen molar-refractivity contribution in [3.05, 3.63) is 35.7 Å². The molecule has 0 aliphatic heterocycles. The van der Waals surface area contributed by atoms with Crippen molar-refractivity contribution in [1.82, 2.24) is 20.8 Å². The first kappa shape index (κ1) is 20.9. The molecule has 2 rings (SSSR count). The largest absolute Gasteiger partial charge is 0.480 e. The number of hydrogen-bond donors (Lipinski definition) is 3. The van der Waals surface area contributed by atoms with Crippen LogP contribution in [0.25, 0.3) is 11.4 Å². The van der Waals surface area contributed by atoms with Crippen LogP contribution in [0.3, 0.4) is 0 Å². The minimum absolute atomic E-state index is 0.279. The molecule has 1 aromatic heterocycles. The Bertz CT molecular complexity index is 871. The Morgan fingerprint density at radius 1 is 1.29 bits per heavy atom. The quantitative estimate of drug-likeness (QED) is 0.677. The van der Waals surface area contributed by atoms with Crippen LogP contribution in [-0.2, 0) is 9.53 Å². The second-order valence-electron chi connectivity index (χ2n) is 6.96. The standard InChI is InChI=1S/C18H22N4O6/c1-10-20-14(22-28-10)11-6-5-7-12(8-11)15(23)19-9-13(16(24)25)21-17(26)27-18(2,3)4/h5-8,13H,9H2,1-4H3,(H,19,23)(H,21,26)(H,24,25)/t13-/m0/s1. The first-order valence-electron chi connectivity index (χ1n) is 8.46. The van der Waals surface area contributed by atoms with Gasteiger partial charge in [0.25, 0.3) is 5.91 Å². The smallest absolute Gasteiger partial charge is 0.408 e. The number of aryl methyl sites for hydroxylation is 1. The van der Waals surface area contributed by atoms with E-state index in [1.165, 1.54) is 0 Å². The molecule has 2 amide bonds. The number of hydrogen-bond acceptors (Lipinski definition) is 7. The van der Waals surface area contributed by atoms with Gasteiger partial charge in [-0.1, -0.05) is 17.3 Å². The number of aliphatic carboxylic acids is 1. The molecule has 0 spiro atoms. The van der Waals surface area contributed by atoms with Gasteiger partial charge in [0.05, 0.1) is 0 Å². The van der Waals surface area contributed by atoms with Gasteiger partial charge in [0.1, 0.15) is 11.6 Å². The van der Waals surface area contributed by atoms with Crippen molar-refractivity contribution in [3.63, 3.8) is 0 Å². The third-order valence-electron chi connectivity index (χ3n) is 3.37. The molecule has 0 bridgehead atoms. The highest BCUT2D eigenvalue weighted by Crippen LogP contribution is 2.17. The predicted octanol–water partition coefficient (Wildman–Crippen LogP) is 1.75. The van der Waals surface area contributed by atoms with E-state index in [1.807, 2.05) is 0 Å². The second-order valence-corrected chi connectivity index (χ2v) is 6.96. The summed E-state index contributed by atoms with van der Waals surface area (Å²) >= 11 is 0. The summed E-state index contributed by atoms with van der Waals surface area (Å²) in [5.74, 6) is -1.09. The highest BCUT2D eigenvalue weighted by atomic mass is 16.6. The highest BCUT2D eigenvalue weighted by Gasteiger charge is 2.24. The number of ether oxygens (including phenoxy) is 1. The van der Waals surface area contributed by atoms with Crippen LogP contribution in [0.15, 0.2) is 28.8 Å². The molecule has 0 radical (unpaired) electrons. The lowest BCUT2D eigenvalue weighted by Crippen LogP contribution is -2.49. The topological polar surface area (TPSA) is 144 Å². The van der Waals surface area contributed by atoms with Crippen molar-refractivity contribution >= 4 is 18.0 Å². The fourth-order valence-corrected chi connectivity index (χ4v) is 2.16. The van der Waals surface area contributed by atoms with E-state index in [1.54, 1.807) is 52.0 Å². The van der Waals surface area contributed by atoms with Gasteiger partial charge in [-0.25, -0.2) is 9.59 Å². The summed E-state index contributed by atoms with van der Waals surface area (Å²) < 4.78 is 9.94. The number of nitrogens with zero attached hydrogens (tertiary/aromatic N) is 2. The number of alkyl carbamates (subject to hydrolysis) is 1. The number of aromatic nitrogens is 2. The summed E-state index contributed by atoms with van der Waals surface area (Å²) in [5.41, 5.74) is 0.0807. The number of carbonyl (C=O) groups is 3. The van der Waals surface area contributed by atoms with E-state index in [9.17, 15) is 19.5 Å². The van der Waals surface area contributed by atoms with Crippen molar-refractivity contribution < 1.29 is 28.8 Å². The number of benzene rings is 1. The van der Waals surface area contributed by atoms with Crippen molar-refractivity contribution in [1.29, 1.82) is 0 Å². The number of carbonyl (C=O) groups excluding carboxylic acids is 2. The minimum Gasteiger partial charge on any atom is -0.480 e. The Kier molecular flexibility index (Phi) is 6.34. The molecule has 2 aromatic rings. The van der Waals surface area contributed by atoms with Crippen LogP contribution in [-0.4, -0.2) is 51.4 Å². The average Bonchev–Trinajstić information content (AvgIpc) is 3.03. The van der Waals surface area contributed by atoms with Crippen LogP contribution in [0.1, 0.15) is 37.0 Å². The van der Waals surface area contributed by atoms with E-state index in [-0.39, 0.29) is 12.1 Å². The third-order valence-corrected chi connectivity index (χ3v) is 3.37. The van der Waals surface area contributed by atoms with E-state index in [2.05, 4.69) is 20.8 Å². The number of carboxylic acids is 1. The Labute approximate surface area is 161 Å². The van der Waals surface area contributed by atoms with Gasteiger partial charge in [-0.05, 0) is 32.9 Å². The van der Waals surface area contributed by atoms with Crippen molar-refractivity contribution in [2.75, 3.05) is 6.54 Å². The Hall–Kier alpha value is -3.43. The molecule has 10 nitrogen and oxygen atoms in total. The molecule has 28 heavy (non-hydrogen) atoms. The summed E-state index contributed by atoms with van der Waals surface area (Å²) in [6.45, 7) is 6.29. The molecule has 1 aromatic carbocycles. The van der Waals surface area contributed by atoms with Crippen molar-refractivity contribution in [3.8, 4) is 11.4 Å². The minimum atomic E-state index is -1.35. The van der Waals surface area contributed by atoms with E-state index in [0.717, 1.165) is 0 Å². The molecule has 0 fully saturated rings. The molecule has 3 N–H and O–H groups in total. The maximum absolute atomic E-state index is 12.4. The fraction of sp³-hybridized carbons (Fsp3) is 0.389. The molecule has 150 valence electrons. The molecule has 1 atom stereocenters. The highest BCUT2D eigenvalue weighted by molar-refractivity contribution is 5.95.